The van der Waals surface area contributed by atoms with Crippen molar-refractivity contribution < 1.29 is 4.79 Å². The van der Waals surface area contributed by atoms with E-state index < -0.39 is 0 Å². The van der Waals surface area contributed by atoms with E-state index in [1.54, 1.807) is 16.7 Å². The highest BCUT2D eigenvalue weighted by Crippen LogP contribution is 2.18. The largest absolute Gasteiger partial charge is 0.325 e. The summed E-state index contributed by atoms with van der Waals surface area (Å²) in [6, 6.07) is 5.35. The van der Waals surface area contributed by atoms with Gasteiger partial charge in [-0.2, -0.15) is 0 Å². The molecule has 6 heteroatoms. The van der Waals surface area contributed by atoms with Crippen LogP contribution in [0.15, 0.2) is 23.0 Å². The van der Waals surface area contributed by atoms with Crippen LogP contribution < -0.4 is 16.2 Å². The first-order valence-corrected chi connectivity index (χ1v) is 9.23. The molecule has 0 radical (unpaired) electrons. The van der Waals surface area contributed by atoms with Crippen molar-refractivity contribution in [2.45, 2.75) is 52.0 Å². The lowest BCUT2D eigenvalue weighted by molar-refractivity contribution is -0.115. The predicted molar refractivity (Wildman–Crippen MR) is 100.0 cm³/mol. The summed E-state index contributed by atoms with van der Waals surface area (Å²) in [5, 5.41) is 6.58. The van der Waals surface area contributed by atoms with Crippen LogP contribution in [0.5, 0.6) is 0 Å². The molecule has 0 saturated carbocycles. The van der Waals surface area contributed by atoms with Crippen molar-refractivity contribution in [1.29, 1.82) is 0 Å². The highest BCUT2D eigenvalue weighted by molar-refractivity contribution is 5.94. The maximum atomic E-state index is 12.6. The van der Waals surface area contributed by atoms with E-state index in [0.717, 1.165) is 38.2 Å². The van der Waals surface area contributed by atoms with Crippen LogP contribution in [0.4, 0.5) is 5.69 Å². The van der Waals surface area contributed by atoms with Gasteiger partial charge in [0.05, 0.1) is 17.4 Å². The van der Waals surface area contributed by atoms with Crippen LogP contribution in [-0.4, -0.2) is 28.5 Å². The average molecular weight is 342 g/mol. The monoisotopic (exact) mass is 342 g/mol. The number of unbranched alkanes of at least 4 members (excludes halogenated alkanes) is 3. The van der Waals surface area contributed by atoms with Gasteiger partial charge in [-0.3, -0.25) is 14.2 Å². The van der Waals surface area contributed by atoms with Crippen molar-refractivity contribution in [2.75, 3.05) is 18.4 Å². The van der Waals surface area contributed by atoms with Gasteiger partial charge in [0, 0.05) is 18.7 Å². The molecule has 1 aromatic carbocycles. The minimum atomic E-state index is -0.0935. The maximum absolute atomic E-state index is 12.6. The van der Waals surface area contributed by atoms with E-state index in [2.05, 4.69) is 22.5 Å². The number of rotatable bonds is 8. The normalized spacial score (nSPS) is 13.2. The second-order valence-electron chi connectivity index (χ2n) is 6.61. The first-order valence-electron chi connectivity index (χ1n) is 9.23. The van der Waals surface area contributed by atoms with E-state index in [4.69, 9.17) is 0 Å². The van der Waals surface area contributed by atoms with Crippen LogP contribution in [0.25, 0.3) is 10.9 Å². The topological polar surface area (TPSA) is 76.0 Å². The minimum Gasteiger partial charge on any atom is -0.325 e. The molecule has 0 bridgehead atoms. The molecule has 0 saturated heterocycles. The minimum absolute atomic E-state index is 0.0114. The molecule has 25 heavy (non-hydrogen) atoms. The van der Waals surface area contributed by atoms with Gasteiger partial charge in [0.1, 0.15) is 5.82 Å². The van der Waals surface area contributed by atoms with Gasteiger partial charge in [0.2, 0.25) is 5.91 Å². The summed E-state index contributed by atoms with van der Waals surface area (Å²) in [5.41, 5.74) is 1.33. The lowest BCUT2D eigenvalue weighted by atomic mass is 10.2. The highest BCUT2D eigenvalue weighted by Gasteiger charge is 2.16. The van der Waals surface area contributed by atoms with Crippen LogP contribution >= 0.6 is 0 Å². The van der Waals surface area contributed by atoms with Gasteiger partial charge in [0.15, 0.2) is 0 Å². The number of carbonyl (C=O) groups is 1. The molecule has 2 N–H and O–H groups in total. The van der Waals surface area contributed by atoms with E-state index in [9.17, 15) is 9.59 Å². The Balaban J connectivity index is 1.60. The lowest BCUT2D eigenvalue weighted by Gasteiger charge is -2.09. The summed E-state index contributed by atoms with van der Waals surface area (Å²) in [5.74, 6) is 0.769. The molecule has 0 spiro atoms. The first-order chi connectivity index (χ1) is 12.2. The number of nitrogens with zero attached hydrogens (tertiary/aromatic N) is 2. The smallest absolute Gasteiger partial charge is 0.261 e. The van der Waals surface area contributed by atoms with Crippen LogP contribution in [-0.2, 0) is 17.8 Å². The summed E-state index contributed by atoms with van der Waals surface area (Å²) in [7, 11) is 0. The Hall–Kier alpha value is -2.21. The Labute approximate surface area is 147 Å². The van der Waals surface area contributed by atoms with Crippen molar-refractivity contribution in [3.8, 4) is 0 Å². The van der Waals surface area contributed by atoms with Gasteiger partial charge in [-0.25, -0.2) is 4.98 Å². The van der Waals surface area contributed by atoms with Gasteiger partial charge in [-0.1, -0.05) is 26.2 Å². The quantitative estimate of drug-likeness (QED) is 0.723. The second kappa shape index (κ2) is 8.25. The number of benzene rings is 1. The van der Waals surface area contributed by atoms with Gasteiger partial charge in [0.25, 0.3) is 5.56 Å². The van der Waals surface area contributed by atoms with Crippen LogP contribution in [0.3, 0.4) is 0 Å². The molecule has 0 aliphatic carbocycles. The third-order valence-electron chi connectivity index (χ3n) is 4.59. The summed E-state index contributed by atoms with van der Waals surface area (Å²) in [4.78, 5) is 29.2. The standard InChI is InChI=1S/C19H26N4O2/c1-2-3-4-5-10-20-13-18(24)21-14-8-9-16-15(12-14)19(25)23-11-6-7-17(23)22-16/h8-9,12,20H,2-7,10-11,13H2,1H3,(H,21,24). The summed E-state index contributed by atoms with van der Waals surface area (Å²) in [6.45, 7) is 4.05. The van der Waals surface area contributed by atoms with Crippen molar-refractivity contribution in [2.24, 2.45) is 0 Å². The first kappa shape index (κ1) is 17.6. The zero-order valence-corrected chi connectivity index (χ0v) is 14.8. The highest BCUT2D eigenvalue weighted by atomic mass is 16.2. The fourth-order valence-electron chi connectivity index (χ4n) is 3.25. The molecule has 0 atom stereocenters. The van der Waals surface area contributed by atoms with E-state index in [0.29, 0.717) is 16.6 Å². The fraction of sp³-hybridized carbons (Fsp3) is 0.526. The summed E-state index contributed by atoms with van der Waals surface area (Å²) >= 11 is 0. The molecule has 1 amide bonds. The second-order valence-corrected chi connectivity index (χ2v) is 6.61. The van der Waals surface area contributed by atoms with E-state index in [1.807, 2.05) is 6.07 Å². The Bertz CT molecular complexity index is 813. The summed E-state index contributed by atoms with van der Waals surface area (Å²) in [6.07, 6.45) is 6.54. The molecule has 3 rings (SSSR count). The van der Waals surface area contributed by atoms with Gasteiger partial charge in [-0.15, -0.1) is 0 Å². The zero-order valence-electron chi connectivity index (χ0n) is 14.8. The number of nitrogens with one attached hydrogen (secondary N) is 2. The molecule has 6 nitrogen and oxygen atoms in total. The molecule has 1 aromatic heterocycles. The molecule has 0 unspecified atom stereocenters. The third-order valence-corrected chi connectivity index (χ3v) is 4.59. The number of anilines is 1. The zero-order chi connectivity index (χ0) is 17.6. The molecular weight excluding hydrogens is 316 g/mol. The van der Waals surface area contributed by atoms with Gasteiger partial charge >= 0.3 is 0 Å². The Morgan fingerprint density at radius 1 is 1.28 bits per heavy atom. The van der Waals surface area contributed by atoms with Gasteiger partial charge in [-0.05, 0) is 37.6 Å². The Morgan fingerprint density at radius 2 is 2.16 bits per heavy atom. The Kier molecular flexibility index (Phi) is 5.81. The SMILES string of the molecule is CCCCCCNCC(=O)Nc1ccc2nc3n(c(=O)c2c1)CCC3. The Morgan fingerprint density at radius 3 is 3.00 bits per heavy atom. The van der Waals surface area contributed by atoms with Crippen molar-refractivity contribution in [1.82, 2.24) is 14.9 Å². The number of amides is 1. The molecule has 1 aliphatic rings. The lowest BCUT2D eigenvalue weighted by Crippen LogP contribution is -2.29. The number of hydrogen-bond donors (Lipinski definition) is 2. The molecule has 0 fully saturated rings. The van der Waals surface area contributed by atoms with Crippen LogP contribution in [0, 0.1) is 0 Å². The van der Waals surface area contributed by atoms with E-state index in [-0.39, 0.29) is 18.0 Å². The molecule has 1 aliphatic heterocycles. The molecule has 134 valence electrons. The average Bonchev–Trinajstić information content (AvgIpc) is 3.07. The number of fused-ring (bicyclic) bond motifs is 2. The van der Waals surface area contributed by atoms with Crippen molar-refractivity contribution >= 4 is 22.5 Å². The van der Waals surface area contributed by atoms with Crippen LogP contribution in [0.2, 0.25) is 0 Å². The number of aromatic nitrogens is 2. The molecule has 2 heterocycles. The number of carbonyl (C=O) groups excluding carboxylic acids is 1. The number of hydrogen-bond acceptors (Lipinski definition) is 4. The van der Waals surface area contributed by atoms with E-state index >= 15 is 0 Å². The fourth-order valence-corrected chi connectivity index (χ4v) is 3.25. The molecular formula is C19H26N4O2. The predicted octanol–water partition coefficient (Wildman–Crippen LogP) is 2.45. The van der Waals surface area contributed by atoms with Crippen molar-refractivity contribution in [3.63, 3.8) is 0 Å². The van der Waals surface area contributed by atoms with Crippen molar-refractivity contribution in [3.05, 3.63) is 34.4 Å². The maximum Gasteiger partial charge on any atom is 0.261 e. The molecule has 2 aromatic rings. The van der Waals surface area contributed by atoms with Gasteiger partial charge < -0.3 is 10.6 Å². The van der Waals surface area contributed by atoms with Crippen LogP contribution in [0.1, 0.15) is 44.9 Å². The number of aryl methyl sites for hydroxylation is 1. The third kappa shape index (κ3) is 4.25. The van der Waals surface area contributed by atoms with E-state index in [1.165, 1.54) is 19.3 Å². The summed E-state index contributed by atoms with van der Waals surface area (Å²) < 4.78 is 1.74.